The largest absolute Gasteiger partial charge is 0.244 e. The Balaban J connectivity index is 1.94. The Hall–Kier alpha value is -0.860. The van der Waals surface area contributed by atoms with Crippen LogP contribution in [0.2, 0.25) is 5.02 Å². The quantitative estimate of drug-likeness (QED) is 0.375. The SMILES string of the molecule is CS(=O)(=O)N1CCC(c2c3[c+](Br)cc(Cl)cc-3ccc3cc(Br)cnc23)CC1. The van der Waals surface area contributed by atoms with E-state index in [1.165, 1.54) is 6.26 Å². The van der Waals surface area contributed by atoms with Crippen LogP contribution in [-0.4, -0.2) is 37.1 Å². The predicted molar refractivity (Wildman–Crippen MR) is 122 cm³/mol. The molecular weight excluding hydrogens is 528 g/mol. The lowest BCUT2D eigenvalue weighted by atomic mass is 9.85. The molecule has 2 aliphatic carbocycles. The Kier molecular flexibility index (Phi) is 5.66. The highest BCUT2D eigenvalue weighted by molar-refractivity contribution is 9.10. The number of aromatic nitrogens is 1. The summed E-state index contributed by atoms with van der Waals surface area (Å²) in [4.78, 5) is 4.74. The summed E-state index contributed by atoms with van der Waals surface area (Å²) < 4.78 is 27.3. The molecule has 0 amide bonds. The normalized spacial score (nSPS) is 16.7. The van der Waals surface area contributed by atoms with E-state index < -0.39 is 10.0 Å². The molecule has 1 fully saturated rings. The standard InChI is InChI=1S/C20H18Br2ClN2O2S/c1-28(26,27)25-6-4-12(5-7-25)19-18-13(9-16(23)10-17(18)22)2-3-14-8-15(21)11-24-20(14)19/h2-3,8-12H,4-7H2,1H3/q+1. The molecule has 1 aromatic heterocycles. The zero-order valence-corrected chi connectivity index (χ0v) is 19.9. The molecule has 28 heavy (non-hydrogen) atoms. The second-order valence-electron chi connectivity index (χ2n) is 7.13. The molecule has 8 heteroatoms. The molecule has 4 rings (SSSR count). The molecule has 0 aromatic carbocycles. The van der Waals surface area contributed by atoms with Gasteiger partial charge >= 0.3 is 0 Å². The van der Waals surface area contributed by atoms with Gasteiger partial charge in [0.25, 0.3) is 0 Å². The van der Waals surface area contributed by atoms with E-state index in [9.17, 15) is 8.42 Å². The maximum absolute atomic E-state index is 11.9. The van der Waals surface area contributed by atoms with E-state index in [-0.39, 0.29) is 5.92 Å². The van der Waals surface area contributed by atoms with Crippen LogP contribution in [-0.2, 0) is 10.0 Å². The number of halogens is 3. The van der Waals surface area contributed by atoms with Gasteiger partial charge in [0, 0.05) is 57.1 Å². The van der Waals surface area contributed by atoms with E-state index in [0.717, 1.165) is 49.4 Å². The third kappa shape index (κ3) is 3.92. The number of rotatable bonds is 2. The van der Waals surface area contributed by atoms with Gasteiger partial charge in [0.1, 0.15) is 20.6 Å². The smallest absolute Gasteiger partial charge is 0.211 e. The van der Waals surface area contributed by atoms with Gasteiger partial charge < -0.3 is 0 Å². The van der Waals surface area contributed by atoms with Gasteiger partial charge in [-0.25, -0.2) is 17.7 Å². The topological polar surface area (TPSA) is 50.3 Å². The van der Waals surface area contributed by atoms with Crippen molar-refractivity contribution in [3.8, 4) is 11.1 Å². The summed E-state index contributed by atoms with van der Waals surface area (Å²) in [6.07, 6.45) is 4.60. The number of piperidine rings is 1. The Labute approximate surface area is 186 Å². The maximum atomic E-state index is 11.9. The van der Waals surface area contributed by atoms with Crippen molar-refractivity contribution >= 4 is 64.4 Å². The molecule has 0 radical (unpaired) electrons. The number of pyridine rings is 1. The van der Waals surface area contributed by atoms with Gasteiger partial charge in [0.2, 0.25) is 10.0 Å². The third-order valence-corrected chi connectivity index (χ3v) is 7.85. The number of hydrogen-bond donors (Lipinski definition) is 0. The minimum atomic E-state index is -3.16. The molecule has 0 unspecified atom stereocenters. The molecule has 3 aliphatic rings. The van der Waals surface area contributed by atoms with Crippen molar-refractivity contribution in [1.82, 2.24) is 9.29 Å². The van der Waals surface area contributed by atoms with Crippen molar-refractivity contribution in [2.45, 2.75) is 18.8 Å². The Bertz CT molecular complexity index is 1150. The lowest BCUT2D eigenvalue weighted by molar-refractivity contribution is 0.322. The first-order valence-corrected chi connectivity index (χ1v) is 12.7. The molecule has 0 N–H and O–H groups in total. The van der Waals surface area contributed by atoms with E-state index in [1.54, 1.807) is 4.31 Å². The van der Waals surface area contributed by atoms with Gasteiger partial charge in [-0.15, -0.1) is 0 Å². The van der Waals surface area contributed by atoms with Crippen molar-refractivity contribution in [2.24, 2.45) is 0 Å². The molecule has 1 aliphatic heterocycles. The molecule has 0 spiro atoms. The second kappa shape index (κ2) is 7.76. The van der Waals surface area contributed by atoms with E-state index in [4.69, 9.17) is 16.6 Å². The summed E-state index contributed by atoms with van der Waals surface area (Å²) in [6.45, 7) is 1.04. The molecule has 146 valence electrons. The van der Waals surface area contributed by atoms with E-state index in [1.807, 2.05) is 18.3 Å². The van der Waals surface area contributed by atoms with Crippen LogP contribution in [0.5, 0.6) is 0 Å². The molecular formula is C20H18Br2ClN2O2S+. The average Bonchev–Trinajstić information content (AvgIpc) is 2.78. The summed E-state index contributed by atoms with van der Waals surface area (Å²) in [5.74, 6) is 0.210. The van der Waals surface area contributed by atoms with Gasteiger partial charge in [-0.3, -0.25) is 0 Å². The van der Waals surface area contributed by atoms with Crippen LogP contribution >= 0.6 is 43.5 Å². The number of fused-ring (bicyclic) bond motifs is 2. The van der Waals surface area contributed by atoms with Gasteiger partial charge in [0.05, 0.1) is 23.4 Å². The first-order chi connectivity index (χ1) is 13.2. The zero-order chi connectivity index (χ0) is 20.1. The number of nitrogens with zero attached hydrogens (tertiary/aromatic N) is 2. The molecule has 0 bridgehead atoms. The van der Waals surface area contributed by atoms with Crippen LogP contribution < -0.4 is 0 Å². The molecule has 1 aromatic rings. The number of hydrogen-bond acceptors (Lipinski definition) is 3. The number of sulfonamides is 1. The van der Waals surface area contributed by atoms with Crippen molar-refractivity contribution in [3.63, 3.8) is 0 Å². The zero-order valence-electron chi connectivity index (χ0n) is 15.1. The van der Waals surface area contributed by atoms with E-state index in [2.05, 4.69) is 50.1 Å². The van der Waals surface area contributed by atoms with Crippen LogP contribution in [0, 0.1) is 0 Å². The summed E-state index contributed by atoms with van der Waals surface area (Å²) in [5, 5.41) is 1.70. The highest BCUT2D eigenvalue weighted by Gasteiger charge is 2.33. The maximum Gasteiger partial charge on any atom is 0.211 e. The fourth-order valence-corrected chi connectivity index (χ4v) is 6.26. The summed E-state index contributed by atoms with van der Waals surface area (Å²) in [5.41, 5.74) is 4.22. The monoisotopic (exact) mass is 543 g/mol. The van der Waals surface area contributed by atoms with E-state index >= 15 is 0 Å². The Morgan fingerprint density at radius 1 is 1.25 bits per heavy atom. The minimum absolute atomic E-state index is 0.210. The summed E-state index contributed by atoms with van der Waals surface area (Å²) in [6, 6.07) is 10.1. The van der Waals surface area contributed by atoms with Gasteiger partial charge in [0.15, 0.2) is 0 Å². The van der Waals surface area contributed by atoms with Crippen molar-refractivity contribution < 1.29 is 8.42 Å². The molecule has 4 nitrogen and oxygen atoms in total. The van der Waals surface area contributed by atoms with Crippen LogP contribution in [0.3, 0.4) is 0 Å². The summed E-state index contributed by atoms with van der Waals surface area (Å²) >= 11 is 13.5. The highest BCUT2D eigenvalue weighted by Crippen LogP contribution is 2.44. The second-order valence-corrected chi connectivity index (χ2v) is 11.3. The summed E-state index contributed by atoms with van der Waals surface area (Å²) in [7, 11) is -3.16. The van der Waals surface area contributed by atoms with Crippen LogP contribution in [0.15, 0.2) is 45.5 Å². The molecule has 1 saturated heterocycles. The average molecular weight is 546 g/mol. The first kappa shape index (κ1) is 20.4. The van der Waals surface area contributed by atoms with Crippen molar-refractivity contribution in [3.05, 3.63) is 56.1 Å². The Morgan fingerprint density at radius 2 is 1.96 bits per heavy atom. The van der Waals surface area contributed by atoms with Crippen LogP contribution in [0.1, 0.15) is 24.3 Å². The van der Waals surface area contributed by atoms with E-state index in [0.29, 0.717) is 18.1 Å². The van der Waals surface area contributed by atoms with Gasteiger partial charge in [-0.2, -0.15) is 0 Å². The van der Waals surface area contributed by atoms with Gasteiger partial charge in [-0.1, -0.05) is 0 Å². The fourth-order valence-electron chi connectivity index (χ4n) is 3.99. The van der Waals surface area contributed by atoms with Crippen molar-refractivity contribution in [1.29, 1.82) is 0 Å². The lowest BCUT2D eigenvalue weighted by Crippen LogP contribution is -2.37. The predicted octanol–water partition coefficient (Wildman–Crippen LogP) is 5.94. The minimum Gasteiger partial charge on any atom is -0.244 e. The lowest BCUT2D eigenvalue weighted by Gasteiger charge is -2.29. The molecule has 2 heterocycles. The first-order valence-electron chi connectivity index (χ1n) is 8.89. The third-order valence-electron chi connectivity index (χ3n) is 5.27. The molecule has 0 atom stereocenters. The number of benzene rings is 1. The Morgan fingerprint density at radius 3 is 2.64 bits per heavy atom. The van der Waals surface area contributed by atoms with Gasteiger partial charge in [-0.05, 0) is 58.6 Å². The van der Waals surface area contributed by atoms with Crippen molar-refractivity contribution in [2.75, 3.05) is 19.3 Å². The molecule has 0 saturated carbocycles. The van der Waals surface area contributed by atoms with Crippen LogP contribution in [0.25, 0.3) is 22.0 Å². The highest BCUT2D eigenvalue weighted by atomic mass is 79.9. The fraction of sp³-hybridized carbons (Fsp3) is 0.300. The van der Waals surface area contributed by atoms with Crippen LogP contribution in [0.4, 0.5) is 0 Å².